The van der Waals surface area contributed by atoms with Crippen molar-refractivity contribution in [3.05, 3.63) is 53.2 Å². The molecule has 1 fully saturated rings. The number of methoxy groups -OCH3 is 1. The number of nitrogens with one attached hydrogen (secondary N) is 1. The molecule has 2 aromatic carbocycles. The SMILES string of the molecule is COc1ccc(NC(=O)c2cc3ccc(F)cc3s2)cc1S(=O)(=O)N1CCCCC1. The topological polar surface area (TPSA) is 75.7 Å². The first-order valence-corrected chi connectivity index (χ1v) is 11.8. The lowest BCUT2D eigenvalue weighted by Crippen LogP contribution is -2.35. The Hall–Kier alpha value is -2.49. The minimum Gasteiger partial charge on any atom is -0.495 e. The summed E-state index contributed by atoms with van der Waals surface area (Å²) in [4.78, 5) is 13.1. The molecule has 0 spiro atoms. The summed E-state index contributed by atoms with van der Waals surface area (Å²) in [6.07, 6.45) is 2.66. The Morgan fingerprint density at radius 2 is 1.87 bits per heavy atom. The van der Waals surface area contributed by atoms with Crippen LogP contribution in [0.2, 0.25) is 0 Å². The van der Waals surface area contributed by atoms with Gasteiger partial charge in [0.1, 0.15) is 16.5 Å². The van der Waals surface area contributed by atoms with E-state index in [-0.39, 0.29) is 22.4 Å². The number of sulfonamides is 1. The smallest absolute Gasteiger partial charge is 0.265 e. The van der Waals surface area contributed by atoms with Crippen LogP contribution < -0.4 is 10.1 Å². The van der Waals surface area contributed by atoms with E-state index in [1.165, 1.54) is 47.0 Å². The fourth-order valence-electron chi connectivity index (χ4n) is 3.51. The van der Waals surface area contributed by atoms with Crippen molar-refractivity contribution in [2.75, 3.05) is 25.5 Å². The average Bonchev–Trinajstić information content (AvgIpc) is 3.17. The van der Waals surface area contributed by atoms with Gasteiger partial charge in [0.05, 0.1) is 12.0 Å². The molecule has 3 aromatic rings. The minimum atomic E-state index is -3.74. The number of ether oxygens (including phenoxy) is 1. The second-order valence-electron chi connectivity index (χ2n) is 7.08. The van der Waals surface area contributed by atoms with Crippen molar-refractivity contribution in [2.45, 2.75) is 24.2 Å². The number of halogens is 1. The number of amides is 1. The Bertz CT molecular complexity index is 1200. The molecule has 1 aliphatic rings. The molecule has 0 unspecified atom stereocenters. The second kappa shape index (κ2) is 8.33. The highest BCUT2D eigenvalue weighted by atomic mass is 32.2. The highest BCUT2D eigenvalue weighted by Gasteiger charge is 2.29. The maximum atomic E-state index is 13.4. The summed E-state index contributed by atoms with van der Waals surface area (Å²) in [6, 6.07) is 10.6. The van der Waals surface area contributed by atoms with Gasteiger partial charge in [0.15, 0.2) is 0 Å². The van der Waals surface area contributed by atoms with Crippen molar-refractivity contribution in [2.24, 2.45) is 0 Å². The van der Waals surface area contributed by atoms with Crippen molar-refractivity contribution in [1.82, 2.24) is 4.31 Å². The second-order valence-corrected chi connectivity index (χ2v) is 10.1. The molecule has 0 atom stereocenters. The fraction of sp³-hybridized carbons (Fsp3) is 0.286. The van der Waals surface area contributed by atoms with Crippen LogP contribution in [0.4, 0.5) is 10.1 Å². The molecule has 1 aromatic heterocycles. The molecule has 0 aliphatic carbocycles. The summed E-state index contributed by atoms with van der Waals surface area (Å²) in [6.45, 7) is 0.945. The Labute approximate surface area is 178 Å². The van der Waals surface area contributed by atoms with Gasteiger partial charge in [0.2, 0.25) is 10.0 Å². The van der Waals surface area contributed by atoms with Gasteiger partial charge in [-0.1, -0.05) is 12.5 Å². The molecule has 0 bridgehead atoms. The highest BCUT2D eigenvalue weighted by molar-refractivity contribution is 7.89. The zero-order chi connectivity index (χ0) is 21.3. The normalized spacial score (nSPS) is 15.3. The van der Waals surface area contributed by atoms with Gasteiger partial charge in [-0.05, 0) is 54.6 Å². The molecule has 1 amide bonds. The zero-order valence-corrected chi connectivity index (χ0v) is 18.0. The molecule has 1 aliphatic heterocycles. The van der Waals surface area contributed by atoms with E-state index in [2.05, 4.69) is 5.32 Å². The Morgan fingerprint density at radius 1 is 1.10 bits per heavy atom. The number of thiophene rings is 1. The van der Waals surface area contributed by atoms with E-state index in [4.69, 9.17) is 4.74 Å². The Balaban J connectivity index is 1.62. The maximum absolute atomic E-state index is 13.4. The van der Waals surface area contributed by atoms with Crippen LogP contribution in [0, 0.1) is 5.82 Å². The molecular weight excluding hydrogens is 427 g/mol. The lowest BCUT2D eigenvalue weighted by atomic mass is 10.2. The van der Waals surface area contributed by atoms with Crippen LogP contribution in [0.5, 0.6) is 5.75 Å². The molecule has 158 valence electrons. The van der Waals surface area contributed by atoms with Crippen LogP contribution in [-0.4, -0.2) is 38.8 Å². The predicted octanol–water partition coefficient (Wildman–Crippen LogP) is 4.48. The molecule has 1 N–H and O–H groups in total. The number of anilines is 1. The van der Waals surface area contributed by atoms with Crippen LogP contribution in [0.15, 0.2) is 47.4 Å². The van der Waals surface area contributed by atoms with Crippen molar-refractivity contribution in [3.8, 4) is 5.75 Å². The number of carbonyl (C=O) groups excluding carboxylic acids is 1. The Morgan fingerprint density at radius 3 is 2.60 bits per heavy atom. The van der Waals surface area contributed by atoms with Crippen LogP contribution in [-0.2, 0) is 10.0 Å². The zero-order valence-electron chi connectivity index (χ0n) is 16.4. The number of carbonyl (C=O) groups is 1. The van der Waals surface area contributed by atoms with Crippen LogP contribution in [0.1, 0.15) is 28.9 Å². The van der Waals surface area contributed by atoms with Gasteiger partial charge in [-0.2, -0.15) is 4.31 Å². The van der Waals surface area contributed by atoms with Gasteiger partial charge in [0, 0.05) is 23.5 Å². The van der Waals surface area contributed by atoms with E-state index < -0.39 is 10.0 Å². The highest BCUT2D eigenvalue weighted by Crippen LogP contribution is 2.32. The fourth-order valence-corrected chi connectivity index (χ4v) is 6.19. The van der Waals surface area contributed by atoms with E-state index >= 15 is 0 Å². The standard InChI is InChI=1S/C21H21FN2O4S2/c1-28-17-8-7-16(13-20(17)30(26,27)24-9-3-2-4-10-24)23-21(25)19-11-14-5-6-15(22)12-18(14)29-19/h5-8,11-13H,2-4,9-10H2,1H3,(H,23,25). The summed E-state index contributed by atoms with van der Waals surface area (Å²) in [7, 11) is -2.32. The van der Waals surface area contributed by atoms with Gasteiger partial charge >= 0.3 is 0 Å². The van der Waals surface area contributed by atoms with E-state index in [0.29, 0.717) is 28.4 Å². The van der Waals surface area contributed by atoms with Gasteiger partial charge in [-0.15, -0.1) is 11.3 Å². The van der Waals surface area contributed by atoms with Crippen molar-refractivity contribution in [3.63, 3.8) is 0 Å². The minimum absolute atomic E-state index is 0.0307. The lowest BCUT2D eigenvalue weighted by molar-refractivity contribution is 0.103. The summed E-state index contributed by atoms with van der Waals surface area (Å²) in [5, 5.41) is 3.51. The van der Waals surface area contributed by atoms with Gasteiger partial charge in [-0.3, -0.25) is 4.79 Å². The molecule has 30 heavy (non-hydrogen) atoms. The summed E-state index contributed by atoms with van der Waals surface area (Å²) < 4.78 is 47.1. The van der Waals surface area contributed by atoms with Crippen molar-refractivity contribution < 1.29 is 22.3 Å². The van der Waals surface area contributed by atoms with Gasteiger partial charge < -0.3 is 10.1 Å². The van der Waals surface area contributed by atoms with Crippen molar-refractivity contribution in [1.29, 1.82) is 0 Å². The van der Waals surface area contributed by atoms with E-state index in [1.54, 1.807) is 18.2 Å². The number of benzene rings is 2. The summed E-state index contributed by atoms with van der Waals surface area (Å²) >= 11 is 1.18. The predicted molar refractivity (Wildman–Crippen MR) is 115 cm³/mol. The molecule has 6 nitrogen and oxygen atoms in total. The molecular formula is C21H21FN2O4S2. The molecule has 1 saturated heterocycles. The number of fused-ring (bicyclic) bond motifs is 1. The van der Waals surface area contributed by atoms with E-state index in [1.807, 2.05) is 0 Å². The number of hydrogen-bond donors (Lipinski definition) is 1. The maximum Gasteiger partial charge on any atom is 0.265 e. The monoisotopic (exact) mass is 448 g/mol. The summed E-state index contributed by atoms with van der Waals surface area (Å²) in [5.74, 6) is -0.516. The van der Waals surface area contributed by atoms with Crippen molar-refractivity contribution >= 4 is 43.0 Å². The first-order valence-electron chi connectivity index (χ1n) is 9.57. The average molecular weight is 449 g/mol. The third-order valence-corrected chi connectivity index (χ3v) is 8.08. The number of piperidine rings is 1. The third kappa shape index (κ3) is 4.05. The molecule has 0 saturated carbocycles. The van der Waals surface area contributed by atoms with E-state index in [0.717, 1.165) is 24.6 Å². The molecule has 2 heterocycles. The first-order chi connectivity index (χ1) is 14.4. The lowest BCUT2D eigenvalue weighted by Gasteiger charge is -2.26. The molecule has 9 heteroatoms. The van der Waals surface area contributed by atoms with Crippen LogP contribution >= 0.6 is 11.3 Å². The van der Waals surface area contributed by atoms with E-state index in [9.17, 15) is 17.6 Å². The quantitative estimate of drug-likeness (QED) is 0.625. The number of hydrogen-bond acceptors (Lipinski definition) is 5. The number of rotatable bonds is 5. The largest absolute Gasteiger partial charge is 0.495 e. The number of nitrogens with zero attached hydrogens (tertiary/aromatic N) is 1. The third-order valence-electron chi connectivity index (χ3n) is 5.06. The van der Waals surface area contributed by atoms with Gasteiger partial charge in [0.25, 0.3) is 5.91 Å². The van der Waals surface area contributed by atoms with Gasteiger partial charge in [-0.25, -0.2) is 12.8 Å². The first kappa shape index (κ1) is 20.8. The molecule has 4 rings (SSSR count). The van der Waals surface area contributed by atoms with Crippen LogP contribution in [0.25, 0.3) is 10.1 Å². The Kier molecular flexibility index (Phi) is 5.77. The summed E-state index contributed by atoms with van der Waals surface area (Å²) in [5.41, 5.74) is 0.347. The van der Waals surface area contributed by atoms with Crippen LogP contribution in [0.3, 0.4) is 0 Å². The molecule has 0 radical (unpaired) electrons.